The summed E-state index contributed by atoms with van der Waals surface area (Å²) < 4.78 is 0. The first kappa shape index (κ1) is 17.0. The van der Waals surface area contributed by atoms with Crippen molar-refractivity contribution in [3.63, 3.8) is 0 Å². The third-order valence-electron chi connectivity index (χ3n) is 3.80. The molecule has 2 amide bonds. The molecule has 21 heavy (non-hydrogen) atoms. The van der Waals surface area contributed by atoms with Crippen LogP contribution in [-0.4, -0.2) is 29.2 Å². The van der Waals surface area contributed by atoms with Crippen LogP contribution in [0.5, 0.6) is 0 Å². The van der Waals surface area contributed by atoms with E-state index in [1.807, 2.05) is 18.2 Å². The first-order chi connectivity index (χ1) is 9.89. The molecule has 5 heteroatoms. The molecule has 0 aliphatic rings. The van der Waals surface area contributed by atoms with Crippen LogP contribution in [0.4, 0.5) is 4.79 Å². The molecule has 1 aromatic rings. The molecule has 3 N–H and O–H groups in total. The largest absolute Gasteiger partial charge is 0.480 e. The maximum Gasteiger partial charge on any atom is 0.329 e. The molecule has 0 radical (unpaired) electrons. The molecule has 5 nitrogen and oxygen atoms in total. The van der Waals surface area contributed by atoms with Crippen LogP contribution in [0.25, 0.3) is 0 Å². The van der Waals surface area contributed by atoms with Gasteiger partial charge in [0, 0.05) is 6.54 Å². The zero-order valence-electron chi connectivity index (χ0n) is 12.8. The number of carboxylic acids is 1. The SMILES string of the molecule is CCC(C)(NC(=O)NCCC(C)c1ccccc1)C(=O)O. The maximum absolute atomic E-state index is 11.8. The monoisotopic (exact) mass is 292 g/mol. The van der Waals surface area contributed by atoms with Crippen molar-refractivity contribution in [3.05, 3.63) is 35.9 Å². The number of urea groups is 1. The fourth-order valence-electron chi connectivity index (χ4n) is 1.94. The van der Waals surface area contributed by atoms with Gasteiger partial charge in [-0.25, -0.2) is 9.59 Å². The summed E-state index contributed by atoms with van der Waals surface area (Å²) in [5.41, 5.74) is -0.00146. The highest BCUT2D eigenvalue weighted by Gasteiger charge is 2.32. The van der Waals surface area contributed by atoms with E-state index in [1.54, 1.807) is 6.92 Å². The minimum atomic E-state index is -1.23. The molecule has 2 atom stereocenters. The molecule has 0 aliphatic carbocycles. The van der Waals surface area contributed by atoms with Gasteiger partial charge in [0.2, 0.25) is 0 Å². The molecular weight excluding hydrogens is 268 g/mol. The van der Waals surface area contributed by atoms with Crippen molar-refractivity contribution in [2.75, 3.05) is 6.54 Å². The minimum Gasteiger partial charge on any atom is -0.480 e. The van der Waals surface area contributed by atoms with Gasteiger partial charge in [0.1, 0.15) is 5.54 Å². The van der Waals surface area contributed by atoms with Crippen molar-refractivity contribution in [1.29, 1.82) is 0 Å². The Balaban J connectivity index is 2.39. The number of carboxylic acid groups (broad SMARTS) is 1. The van der Waals surface area contributed by atoms with Crippen LogP contribution >= 0.6 is 0 Å². The van der Waals surface area contributed by atoms with Gasteiger partial charge in [-0.05, 0) is 31.2 Å². The van der Waals surface area contributed by atoms with E-state index in [-0.39, 0.29) is 0 Å². The summed E-state index contributed by atoms with van der Waals surface area (Å²) in [5.74, 6) is -0.693. The quantitative estimate of drug-likeness (QED) is 0.723. The summed E-state index contributed by atoms with van der Waals surface area (Å²) in [4.78, 5) is 22.9. The third-order valence-corrected chi connectivity index (χ3v) is 3.80. The fraction of sp³-hybridized carbons (Fsp3) is 0.500. The number of carbonyl (C=O) groups is 2. The van der Waals surface area contributed by atoms with Crippen molar-refractivity contribution in [3.8, 4) is 0 Å². The number of aliphatic carboxylic acids is 1. The summed E-state index contributed by atoms with van der Waals surface area (Å²) in [6, 6.07) is 9.63. The van der Waals surface area contributed by atoms with Crippen molar-refractivity contribution in [1.82, 2.24) is 10.6 Å². The summed E-state index contributed by atoms with van der Waals surface area (Å²) in [6.45, 7) is 5.83. The molecule has 0 saturated carbocycles. The highest BCUT2D eigenvalue weighted by Crippen LogP contribution is 2.17. The molecule has 0 fully saturated rings. The topological polar surface area (TPSA) is 78.4 Å². The van der Waals surface area contributed by atoms with Gasteiger partial charge in [0.05, 0.1) is 0 Å². The molecule has 0 saturated heterocycles. The average Bonchev–Trinajstić information content (AvgIpc) is 2.47. The lowest BCUT2D eigenvalue weighted by molar-refractivity contribution is -0.143. The first-order valence-electron chi connectivity index (χ1n) is 7.23. The Hall–Kier alpha value is -2.04. The van der Waals surface area contributed by atoms with E-state index in [9.17, 15) is 9.59 Å². The van der Waals surface area contributed by atoms with Crippen LogP contribution in [0, 0.1) is 0 Å². The molecule has 0 aliphatic heterocycles. The predicted octanol–water partition coefficient (Wildman–Crippen LogP) is 2.73. The lowest BCUT2D eigenvalue weighted by Gasteiger charge is -2.24. The van der Waals surface area contributed by atoms with Crippen LogP contribution in [0.2, 0.25) is 0 Å². The number of carbonyl (C=O) groups excluding carboxylic acids is 1. The van der Waals surface area contributed by atoms with E-state index in [0.717, 1.165) is 6.42 Å². The van der Waals surface area contributed by atoms with Gasteiger partial charge in [-0.1, -0.05) is 44.2 Å². The first-order valence-corrected chi connectivity index (χ1v) is 7.23. The number of hydrogen-bond donors (Lipinski definition) is 3. The van der Waals surface area contributed by atoms with Crippen molar-refractivity contribution < 1.29 is 14.7 Å². The number of rotatable bonds is 7. The van der Waals surface area contributed by atoms with Gasteiger partial charge in [-0.3, -0.25) is 0 Å². The van der Waals surface area contributed by atoms with Crippen LogP contribution in [-0.2, 0) is 4.79 Å². The van der Waals surface area contributed by atoms with E-state index in [0.29, 0.717) is 18.9 Å². The zero-order valence-corrected chi connectivity index (χ0v) is 12.8. The third kappa shape index (κ3) is 5.10. The highest BCUT2D eigenvalue weighted by atomic mass is 16.4. The van der Waals surface area contributed by atoms with Gasteiger partial charge < -0.3 is 15.7 Å². The second-order valence-electron chi connectivity index (χ2n) is 5.47. The Kier molecular flexibility index (Phi) is 6.21. The fourth-order valence-corrected chi connectivity index (χ4v) is 1.94. The van der Waals surface area contributed by atoms with Gasteiger partial charge in [0.15, 0.2) is 0 Å². The Morgan fingerprint density at radius 2 is 1.90 bits per heavy atom. The summed E-state index contributed by atoms with van der Waals surface area (Å²) in [5, 5.41) is 14.3. The zero-order chi connectivity index (χ0) is 15.9. The summed E-state index contributed by atoms with van der Waals surface area (Å²) in [6.07, 6.45) is 1.13. The van der Waals surface area contributed by atoms with E-state index >= 15 is 0 Å². The molecular formula is C16H24N2O3. The van der Waals surface area contributed by atoms with Gasteiger partial charge in [-0.2, -0.15) is 0 Å². The molecule has 0 aromatic heterocycles. The average molecular weight is 292 g/mol. The number of benzene rings is 1. The Bertz CT molecular complexity index is 476. The van der Waals surface area contributed by atoms with Crippen LogP contribution in [0.3, 0.4) is 0 Å². The van der Waals surface area contributed by atoms with Crippen molar-refractivity contribution >= 4 is 12.0 Å². The summed E-state index contributed by atoms with van der Waals surface area (Å²) >= 11 is 0. The van der Waals surface area contributed by atoms with Crippen molar-refractivity contribution in [2.24, 2.45) is 0 Å². The normalized spacial score (nSPS) is 14.8. The van der Waals surface area contributed by atoms with E-state index in [4.69, 9.17) is 5.11 Å². The van der Waals surface area contributed by atoms with Crippen molar-refractivity contribution in [2.45, 2.75) is 45.1 Å². The minimum absolute atomic E-state index is 0.330. The van der Waals surface area contributed by atoms with Crippen LogP contribution in [0.1, 0.15) is 45.1 Å². The summed E-state index contributed by atoms with van der Waals surface area (Å²) in [7, 11) is 0. The lowest BCUT2D eigenvalue weighted by atomic mass is 9.98. The second-order valence-corrected chi connectivity index (χ2v) is 5.47. The molecule has 1 aromatic carbocycles. The lowest BCUT2D eigenvalue weighted by Crippen LogP contribution is -2.54. The van der Waals surface area contributed by atoms with E-state index < -0.39 is 17.5 Å². The number of amides is 2. The smallest absolute Gasteiger partial charge is 0.329 e. The number of nitrogens with one attached hydrogen (secondary N) is 2. The van der Waals surface area contributed by atoms with Gasteiger partial charge >= 0.3 is 12.0 Å². The van der Waals surface area contributed by atoms with E-state index in [2.05, 4.69) is 29.7 Å². The Labute approximate surface area is 125 Å². The van der Waals surface area contributed by atoms with Crippen LogP contribution < -0.4 is 10.6 Å². The van der Waals surface area contributed by atoms with Gasteiger partial charge in [0.25, 0.3) is 0 Å². The Morgan fingerprint density at radius 1 is 1.29 bits per heavy atom. The van der Waals surface area contributed by atoms with Crippen LogP contribution in [0.15, 0.2) is 30.3 Å². The standard InChI is InChI=1S/C16H24N2O3/c1-4-16(3,14(19)20)18-15(21)17-11-10-12(2)13-8-6-5-7-9-13/h5-9,12H,4,10-11H2,1-3H3,(H,19,20)(H2,17,18,21). The van der Waals surface area contributed by atoms with E-state index in [1.165, 1.54) is 12.5 Å². The molecule has 116 valence electrons. The second kappa shape index (κ2) is 7.67. The molecule has 1 rings (SSSR count). The Morgan fingerprint density at radius 3 is 2.43 bits per heavy atom. The maximum atomic E-state index is 11.8. The highest BCUT2D eigenvalue weighted by molar-refractivity contribution is 5.85. The predicted molar refractivity (Wildman–Crippen MR) is 82.3 cm³/mol. The molecule has 0 spiro atoms. The number of hydrogen-bond acceptors (Lipinski definition) is 2. The molecule has 2 unspecified atom stereocenters. The molecule has 0 heterocycles. The molecule has 0 bridgehead atoms. The van der Waals surface area contributed by atoms with Gasteiger partial charge in [-0.15, -0.1) is 0 Å².